The molecule has 0 radical (unpaired) electrons. The summed E-state index contributed by atoms with van der Waals surface area (Å²) in [7, 11) is 3.45. The second-order valence-electron chi connectivity index (χ2n) is 6.04. The fourth-order valence-electron chi connectivity index (χ4n) is 2.65. The van der Waals surface area contributed by atoms with E-state index in [-0.39, 0.29) is 11.2 Å². The second kappa shape index (κ2) is 8.81. The Hall–Kier alpha value is -1.97. The highest BCUT2D eigenvalue weighted by Gasteiger charge is 2.22. The van der Waals surface area contributed by atoms with Crippen LogP contribution in [0.2, 0.25) is 5.02 Å². The number of hydrogen-bond acceptors (Lipinski definition) is 7. The van der Waals surface area contributed by atoms with Crippen LogP contribution in [0, 0.1) is 0 Å². The van der Waals surface area contributed by atoms with Gasteiger partial charge in [0.25, 0.3) is 0 Å². The number of anilines is 2. The first-order valence-corrected chi connectivity index (χ1v) is 9.78. The lowest BCUT2D eigenvalue weighted by molar-refractivity contribution is -0.115. The van der Waals surface area contributed by atoms with Crippen LogP contribution in [0.15, 0.2) is 23.4 Å². The number of nitrogens with one attached hydrogen (secondary N) is 1. The predicted molar refractivity (Wildman–Crippen MR) is 106 cm³/mol. The molecule has 0 bridgehead atoms. The fraction of sp³-hybridized carbons (Fsp3) is 0.471. The lowest BCUT2D eigenvalue weighted by atomic mass is 10.3. The standard InChI is InChI=1S/C17H22ClN5O3S/c1-11(15(24)19-12-4-5-14(25-3)13(18)10-12)27-17-21-20-16(22(17)2)23-6-8-26-9-7-23/h4-5,10-11H,6-9H2,1-3H3,(H,19,24). The Balaban J connectivity index is 1.63. The van der Waals surface area contributed by atoms with Crippen molar-refractivity contribution in [3.8, 4) is 5.75 Å². The number of ether oxygens (including phenoxy) is 2. The first kappa shape index (κ1) is 19.8. The van der Waals surface area contributed by atoms with E-state index in [4.69, 9.17) is 21.1 Å². The van der Waals surface area contributed by atoms with Gasteiger partial charge in [-0.2, -0.15) is 0 Å². The van der Waals surface area contributed by atoms with E-state index in [0.717, 1.165) is 19.0 Å². The number of amides is 1. The van der Waals surface area contributed by atoms with Gasteiger partial charge in [-0.25, -0.2) is 0 Å². The average Bonchev–Trinajstić information content (AvgIpc) is 3.03. The summed E-state index contributed by atoms with van der Waals surface area (Å²) in [5, 5.41) is 12.1. The molecule has 0 spiro atoms. The average molecular weight is 412 g/mol. The monoisotopic (exact) mass is 411 g/mol. The summed E-state index contributed by atoms with van der Waals surface area (Å²) in [4.78, 5) is 14.6. The van der Waals surface area contributed by atoms with E-state index in [9.17, 15) is 4.79 Å². The highest BCUT2D eigenvalue weighted by atomic mass is 35.5. The maximum atomic E-state index is 12.5. The Morgan fingerprint density at radius 3 is 2.78 bits per heavy atom. The molecular weight excluding hydrogens is 390 g/mol. The van der Waals surface area contributed by atoms with Gasteiger partial charge in [-0.3, -0.25) is 9.36 Å². The van der Waals surface area contributed by atoms with Gasteiger partial charge in [-0.1, -0.05) is 23.4 Å². The molecule has 2 heterocycles. The van der Waals surface area contributed by atoms with Crippen LogP contribution < -0.4 is 15.0 Å². The minimum Gasteiger partial charge on any atom is -0.495 e. The van der Waals surface area contributed by atoms with Crippen molar-refractivity contribution in [2.24, 2.45) is 7.05 Å². The number of rotatable bonds is 6. The van der Waals surface area contributed by atoms with Crippen LogP contribution in [0.5, 0.6) is 5.75 Å². The molecule has 1 amide bonds. The number of nitrogens with zero attached hydrogens (tertiary/aromatic N) is 4. The molecule has 1 aromatic carbocycles. The van der Waals surface area contributed by atoms with Gasteiger partial charge in [0.15, 0.2) is 5.16 Å². The molecule has 1 N–H and O–H groups in total. The molecule has 3 rings (SSSR count). The molecule has 1 atom stereocenters. The number of methoxy groups -OCH3 is 1. The highest BCUT2D eigenvalue weighted by Crippen LogP contribution is 2.29. The lowest BCUT2D eigenvalue weighted by Gasteiger charge is -2.27. The number of benzene rings is 1. The third-order valence-electron chi connectivity index (χ3n) is 4.18. The maximum absolute atomic E-state index is 12.5. The van der Waals surface area contributed by atoms with Crippen LogP contribution in [0.1, 0.15) is 6.92 Å². The molecule has 146 valence electrons. The van der Waals surface area contributed by atoms with Crippen molar-refractivity contribution >= 4 is 40.9 Å². The maximum Gasteiger partial charge on any atom is 0.237 e. The van der Waals surface area contributed by atoms with Gasteiger partial charge in [0.05, 0.1) is 30.6 Å². The molecule has 8 nitrogen and oxygen atoms in total. The van der Waals surface area contributed by atoms with Crippen molar-refractivity contribution in [1.29, 1.82) is 0 Å². The molecule has 1 aromatic heterocycles. The highest BCUT2D eigenvalue weighted by molar-refractivity contribution is 8.00. The molecule has 10 heteroatoms. The second-order valence-corrected chi connectivity index (χ2v) is 7.75. The molecule has 0 saturated carbocycles. The summed E-state index contributed by atoms with van der Waals surface area (Å²) in [6.07, 6.45) is 0. The van der Waals surface area contributed by atoms with Crippen LogP contribution in [0.25, 0.3) is 0 Å². The first-order valence-electron chi connectivity index (χ1n) is 8.52. The third kappa shape index (κ3) is 4.66. The number of thioether (sulfide) groups is 1. The van der Waals surface area contributed by atoms with Gasteiger partial charge >= 0.3 is 0 Å². The van der Waals surface area contributed by atoms with E-state index in [0.29, 0.717) is 34.8 Å². The molecule has 27 heavy (non-hydrogen) atoms. The number of halogens is 1. The van der Waals surface area contributed by atoms with E-state index in [1.807, 2.05) is 18.5 Å². The largest absolute Gasteiger partial charge is 0.495 e. The molecule has 0 aliphatic carbocycles. The Morgan fingerprint density at radius 2 is 2.11 bits per heavy atom. The van der Waals surface area contributed by atoms with Crippen molar-refractivity contribution in [3.63, 3.8) is 0 Å². The quantitative estimate of drug-likeness (QED) is 0.731. The summed E-state index contributed by atoms with van der Waals surface area (Å²) in [6.45, 7) is 4.75. The van der Waals surface area contributed by atoms with E-state index < -0.39 is 0 Å². The van der Waals surface area contributed by atoms with Crippen LogP contribution in [0.4, 0.5) is 11.6 Å². The van der Waals surface area contributed by atoms with Crippen molar-refractivity contribution in [1.82, 2.24) is 14.8 Å². The van der Waals surface area contributed by atoms with Crippen molar-refractivity contribution in [2.45, 2.75) is 17.3 Å². The van der Waals surface area contributed by atoms with Gasteiger partial charge in [0.2, 0.25) is 11.9 Å². The fourth-order valence-corrected chi connectivity index (χ4v) is 3.72. The van der Waals surface area contributed by atoms with Gasteiger partial charge in [-0.05, 0) is 25.1 Å². The van der Waals surface area contributed by atoms with Gasteiger partial charge in [0.1, 0.15) is 5.75 Å². The van der Waals surface area contributed by atoms with E-state index in [2.05, 4.69) is 20.4 Å². The smallest absolute Gasteiger partial charge is 0.237 e. The minimum atomic E-state index is -0.355. The number of hydrogen-bond donors (Lipinski definition) is 1. The lowest BCUT2D eigenvalue weighted by Crippen LogP contribution is -2.37. The topological polar surface area (TPSA) is 81.5 Å². The zero-order valence-electron chi connectivity index (χ0n) is 15.4. The number of morpholine rings is 1. The summed E-state index contributed by atoms with van der Waals surface area (Å²) >= 11 is 7.46. The van der Waals surface area contributed by atoms with Crippen LogP contribution in [0.3, 0.4) is 0 Å². The molecule has 1 fully saturated rings. The predicted octanol–water partition coefficient (Wildman–Crippen LogP) is 2.43. The molecular formula is C17H22ClN5O3S. The van der Waals surface area contributed by atoms with Crippen molar-refractivity contribution in [2.75, 3.05) is 43.6 Å². The van der Waals surface area contributed by atoms with Crippen LogP contribution in [-0.2, 0) is 16.6 Å². The molecule has 2 aromatic rings. The van der Waals surface area contributed by atoms with Gasteiger partial charge < -0.3 is 19.7 Å². The molecule has 1 unspecified atom stereocenters. The summed E-state index contributed by atoms with van der Waals surface area (Å²) in [6, 6.07) is 5.13. The number of carbonyl (C=O) groups is 1. The number of carbonyl (C=O) groups excluding carboxylic acids is 1. The Bertz CT molecular complexity index is 810. The van der Waals surface area contributed by atoms with Crippen LogP contribution in [-0.4, -0.2) is 59.3 Å². The summed E-state index contributed by atoms with van der Waals surface area (Å²) < 4.78 is 12.4. The Kier molecular flexibility index (Phi) is 6.46. The van der Waals surface area contributed by atoms with Crippen LogP contribution >= 0.6 is 23.4 Å². The van der Waals surface area contributed by atoms with Crippen molar-refractivity contribution in [3.05, 3.63) is 23.2 Å². The Labute approximate surface area is 167 Å². The summed E-state index contributed by atoms with van der Waals surface area (Å²) in [5.41, 5.74) is 0.616. The SMILES string of the molecule is COc1ccc(NC(=O)C(C)Sc2nnc(N3CCOCC3)n2C)cc1Cl. The van der Waals surface area contributed by atoms with E-state index >= 15 is 0 Å². The van der Waals surface area contributed by atoms with Gasteiger partial charge in [0, 0.05) is 25.8 Å². The van der Waals surface area contributed by atoms with E-state index in [1.54, 1.807) is 25.3 Å². The number of aromatic nitrogens is 3. The minimum absolute atomic E-state index is 0.142. The summed E-state index contributed by atoms with van der Waals surface area (Å²) in [5.74, 6) is 1.21. The normalized spacial score (nSPS) is 15.5. The first-order chi connectivity index (χ1) is 13.0. The molecule has 1 aliphatic heterocycles. The molecule has 1 aliphatic rings. The zero-order valence-corrected chi connectivity index (χ0v) is 17.0. The van der Waals surface area contributed by atoms with Crippen molar-refractivity contribution < 1.29 is 14.3 Å². The van der Waals surface area contributed by atoms with E-state index in [1.165, 1.54) is 11.8 Å². The molecule has 1 saturated heterocycles. The van der Waals surface area contributed by atoms with Gasteiger partial charge in [-0.15, -0.1) is 10.2 Å². The zero-order chi connectivity index (χ0) is 19.4. The third-order valence-corrected chi connectivity index (χ3v) is 5.61. The Morgan fingerprint density at radius 1 is 1.37 bits per heavy atom.